The fourth-order valence-corrected chi connectivity index (χ4v) is 2.63. The molecule has 0 spiro atoms. The van der Waals surface area contributed by atoms with Crippen molar-refractivity contribution >= 4 is 31.5 Å². The quantitative estimate of drug-likeness (QED) is 0.917. The molecule has 0 aromatic carbocycles. The minimum absolute atomic E-state index is 0.111. The van der Waals surface area contributed by atoms with E-state index in [2.05, 4.69) is 26.2 Å². The fraction of sp³-hybridized carbons (Fsp3) is 0.444. The van der Waals surface area contributed by atoms with Crippen molar-refractivity contribution < 1.29 is 8.42 Å². The fourth-order valence-electron chi connectivity index (χ4n) is 1.27. The maximum absolute atomic E-state index is 11.0. The highest BCUT2D eigenvalue weighted by Gasteiger charge is 2.10. The van der Waals surface area contributed by atoms with Crippen LogP contribution in [0.15, 0.2) is 22.9 Å². The van der Waals surface area contributed by atoms with E-state index in [0.717, 1.165) is 10.2 Å². The van der Waals surface area contributed by atoms with Gasteiger partial charge in [-0.25, -0.2) is 8.42 Å². The van der Waals surface area contributed by atoms with Crippen molar-refractivity contribution in [2.45, 2.75) is 13.0 Å². The summed E-state index contributed by atoms with van der Waals surface area (Å²) in [5, 5.41) is 3.07. The molecule has 4 nitrogen and oxygen atoms in total. The molecule has 0 aliphatic heterocycles. The summed E-state index contributed by atoms with van der Waals surface area (Å²) in [5.41, 5.74) is 0.806. The van der Waals surface area contributed by atoms with Crippen molar-refractivity contribution in [3.63, 3.8) is 0 Å². The Morgan fingerprint density at radius 2 is 2.20 bits per heavy atom. The van der Waals surface area contributed by atoms with E-state index in [-0.39, 0.29) is 11.8 Å². The Bertz CT molecular complexity index is 433. The van der Waals surface area contributed by atoms with Crippen molar-refractivity contribution in [1.29, 1.82) is 0 Å². The summed E-state index contributed by atoms with van der Waals surface area (Å²) in [6.07, 6.45) is 4.56. The molecule has 0 aliphatic carbocycles. The van der Waals surface area contributed by atoms with Gasteiger partial charge in [-0.2, -0.15) is 0 Å². The molecule has 0 saturated carbocycles. The third-order valence-corrected chi connectivity index (χ3v) is 3.21. The first kappa shape index (κ1) is 12.4. The molecule has 0 saturated heterocycles. The third-order valence-electron chi connectivity index (χ3n) is 1.67. The van der Waals surface area contributed by atoms with Gasteiger partial charge in [-0.05, 0) is 28.9 Å². The Balaban J connectivity index is 2.63. The van der Waals surface area contributed by atoms with E-state index in [0.29, 0.717) is 0 Å². The van der Waals surface area contributed by atoms with Crippen LogP contribution in [-0.4, -0.2) is 31.5 Å². The predicted octanol–water partition coefficient (Wildman–Crippen LogP) is 1.69. The first-order valence-electron chi connectivity index (χ1n) is 4.41. The van der Waals surface area contributed by atoms with Gasteiger partial charge in [0.2, 0.25) is 0 Å². The number of pyridine rings is 1. The number of hydrogen-bond acceptors (Lipinski definition) is 4. The molecule has 1 aromatic heterocycles. The molecule has 0 radical (unpaired) electrons. The summed E-state index contributed by atoms with van der Waals surface area (Å²) in [7, 11) is -2.95. The van der Waals surface area contributed by atoms with Crippen molar-refractivity contribution in [1.82, 2.24) is 4.98 Å². The van der Waals surface area contributed by atoms with Crippen molar-refractivity contribution in [2.24, 2.45) is 0 Å². The van der Waals surface area contributed by atoms with E-state index in [1.54, 1.807) is 12.4 Å². The molecule has 0 fully saturated rings. The highest BCUT2D eigenvalue weighted by atomic mass is 79.9. The van der Waals surface area contributed by atoms with Crippen molar-refractivity contribution in [3.05, 3.63) is 22.9 Å². The molecular weight excluding hydrogens is 280 g/mol. The average molecular weight is 293 g/mol. The van der Waals surface area contributed by atoms with Gasteiger partial charge in [0.1, 0.15) is 9.84 Å². The molecule has 0 aliphatic rings. The molecular formula is C9H13BrN2O2S. The zero-order valence-corrected chi connectivity index (χ0v) is 11.0. The van der Waals surface area contributed by atoms with E-state index in [4.69, 9.17) is 0 Å². The number of nitrogens with one attached hydrogen (secondary N) is 1. The largest absolute Gasteiger partial charge is 0.380 e. The SMILES string of the molecule is C[C@@H](CS(C)(=O)=O)Nc1cncc(Br)c1. The van der Waals surface area contributed by atoms with Crippen LogP contribution in [0.5, 0.6) is 0 Å². The first-order valence-corrected chi connectivity index (χ1v) is 7.27. The van der Waals surface area contributed by atoms with Gasteiger partial charge in [-0.1, -0.05) is 0 Å². The van der Waals surface area contributed by atoms with Crippen LogP contribution in [0, 0.1) is 0 Å². The Hall–Kier alpha value is -0.620. The molecule has 6 heteroatoms. The second-order valence-electron chi connectivity index (χ2n) is 3.53. The summed E-state index contributed by atoms with van der Waals surface area (Å²) in [6.45, 7) is 1.82. The first-order chi connectivity index (χ1) is 6.87. The molecule has 1 atom stereocenters. The van der Waals surface area contributed by atoms with Gasteiger partial charge in [0, 0.05) is 23.0 Å². The van der Waals surface area contributed by atoms with Gasteiger partial charge < -0.3 is 5.32 Å². The van der Waals surface area contributed by atoms with E-state index >= 15 is 0 Å². The van der Waals surface area contributed by atoms with Crippen LogP contribution in [0.25, 0.3) is 0 Å². The summed E-state index contributed by atoms with van der Waals surface area (Å²) in [6, 6.07) is 1.72. The van der Waals surface area contributed by atoms with Gasteiger partial charge in [0.15, 0.2) is 0 Å². The summed E-state index contributed by atoms with van der Waals surface area (Å²) in [4.78, 5) is 3.97. The second-order valence-corrected chi connectivity index (χ2v) is 6.63. The number of hydrogen-bond donors (Lipinski definition) is 1. The summed E-state index contributed by atoms with van der Waals surface area (Å²) in [5.74, 6) is 0.111. The summed E-state index contributed by atoms with van der Waals surface area (Å²) < 4.78 is 22.9. The predicted molar refractivity (Wildman–Crippen MR) is 64.7 cm³/mol. The number of nitrogens with zero attached hydrogens (tertiary/aromatic N) is 1. The number of sulfone groups is 1. The van der Waals surface area contributed by atoms with Crippen molar-refractivity contribution in [3.8, 4) is 0 Å². The molecule has 1 aromatic rings. The molecule has 1 N–H and O–H groups in total. The molecule has 0 unspecified atom stereocenters. The Morgan fingerprint density at radius 3 is 2.73 bits per heavy atom. The lowest BCUT2D eigenvalue weighted by atomic mass is 10.3. The van der Waals surface area contributed by atoms with Gasteiger partial charge in [0.25, 0.3) is 0 Å². The molecule has 0 bridgehead atoms. The van der Waals surface area contributed by atoms with Crippen LogP contribution in [0.2, 0.25) is 0 Å². The minimum atomic E-state index is -2.95. The van der Waals surface area contributed by atoms with Crippen LogP contribution < -0.4 is 5.32 Å². The lowest BCUT2D eigenvalue weighted by Crippen LogP contribution is -2.24. The topological polar surface area (TPSA) is 59.1 Å². The highest BCUT2D eigenvalue weighted by Crippen LogP contribution is 2.14. The molecule has 0 amide bonds. The standard InChI is InChI=1S/C9H13BrN2O2S/c1-7(6-15(2,13)14)12-9-3-8(10)4-11-5-9/h3-5,7,12H,6H2,1-2H3/t7-/m0/s1. The maximum Gasteiger partial charge on any atom is 0.149 e. The van der Waals surface area contributed by atoms with Crippen LogP contribution in [0.4, 0.5) is 5.69 Å². The number of anilines is 1. The lowest BCUT2D eigenvalue weighted by Gasteiger charge is -2.13. The van der Waals surface area contributed by atoms with Gasteiger partial charge in [-0.3, -0.25) is 4.98 Å². The van der Waals surface area contributed by atoms with E-state index in [1.807, 2.05) is 13.0 Å². The zero-order chi connectivity index (χ0) is 11.5. The lowest BCUT2D eigenvalue weighted by molar-refractivity contribution is 0.598. The average Bonchev–Trinajstić information content (AvgIpc) is 1.99. The summed E-state index contributed by atoms with van der Waals surface area (Å²) >= 11 is 3.29. The molecule has 15 heavy (non-hydrogen) atoms. The van der Waals surface area contributed by atoms with Crippen molar-refractivity contribution in [2.75, 3.05) is 17.3 Å². The van der Waals surface area contributed by atoms with Crippen LogP contribution in [0.3, 0.4) is 0 Å². The molecule has 1 heterocycles. The number of halogens is 1. The number of rotatable bonds is 4. The third kappa shape index (κ3) is 5.13. The molecule has 84 valence electrons. The Labute approximate surface area is 98.2 Å². The Morgan fingerprint density at radius 1 is 1.53 bits per heavy atom. The maximum atomic E-state index is 11.0. The van der Waals surface area contributed by atoms with Gasteiger partial charge in [-0.15, -0.1) is 0 Å². The Kier molecular flexibility index (Phi) is 4.10. The van der Waals surface area contributed by atoms with E-state index in [1.165, 1.54) is 6.26 Å². The van der Waals surface area contributed by atoms with Crippen LogP contribution >= 0.6 is 15.9 Å². The van der Waals surface area contributed by atoms with Gasteiger partial charge in [0.05, 0.1) is 17.6 Å². The second kappa shape index (κ2) is 4.94. The smallest absolute Gasteiger partial charge is 0.149 e. The number of aromatic nitrogens is 1. The zero-order valence-electron chi connectivity index (χ0n) is 8.57. The highest BCUT2D eigenvalue weighted by molar-refractivity contribution is 9.10. The normalized spacial score (nSPS) is 13.5. The van der Waals surface area contributed by atoms with Gasteiger partial charge >= 0.3 is 0 Å². The van der Waals surface area contributed by atoms with E-state index in [9.17, 15) is 8.42 Å². The molecule has 1 rings (SSSR count). The minimum Gasteiger partial charge on any atom is -0.380 e. The monoisotopic (exact) mass is 292 g/mol. The van der Waals surface area contributed by atoms with E-state index < -0.39 is 9.84 Å². The van der Waals surface area contributed by atoms with Crippen LogP contribution in [-0.2, 0) is 9.84 Å². The van der Waals surface area contributed by atoms with Crippen LogP contribution in [0.1, 0.15) is 6.92 Å².